The van der Waals surface area contributed by atoms with E-state index in [1.165, 1.54) is 18.2 Å². The van der Waals surface area contributed by atoms with Gasteiger partial charge in [0, 0.05) is 18.7 Å². The van der Waals surface area contributed by atoms with Crippen LogP contribution in [0.3, 0.4) is 0 Å². The second-order valence-corrected chi connectivity index (χ2v) is 6.92. The highest BCUT2D eigenvalue weighted by Crippen LogP contribution is 2.19. The standard InChI is InChI=1S/C15H25FN2O2S/c1-3-5-7-12(4-2)11-18-21(19,20)15-9-6-8-14(16)13(15)10-17/h6,8-9,12,18H,3-5,7,10-11,17H2,1-2H3. The fraction of sp³-hybridized carbons (Fsp3) is 0.600. The van der Waals surface area contributed by atoms with Crippen molar-refractivity contribution in [2.75, 3.05) is 6.54 Å². The lowest BCUT2D eigenvalue weighted by molar-refractivity contribution is 0.443. The predicted octanol–water partition coefficient (Wildman–Crippen LogP) is 2.78. The number of halogens is 1. The van der Waals surface area contributed by atoms with Crippen molar-refractivity contribution in [1.29, 1.82) is 0 Å². The first-order valence-corrected chi connectivity index (χ1v) is 8.91. The van der Waals surface area contributed by atoms with Gasteiger partial charge in [-0.2, -0.15) is 0 Å². The zero-order chi connectivity index (χ0) is 15.9. The maximum Gasteiger partial charge on any atom is 0.241 e. The molecule has 0 aliphatic rings. The van der Waals surface area contributed by atoms with E-state index in [4.69, 9.17) is 5.73 Å². The molecule has 1 rings (SSSR count). The van der Waals surface area contributed by atoms with Gasteiger partial charge in [0.1, 0.15) is 5.82 Å². The molecule has 0 radical (unpaired) electrons. The van der Waals surface area contributed by atoms with Crippen molar-refractivity contribution in [3.63, 3.8) is 0 Å². The van der Waals surface area contributed by atoms with Gasteiger partial charge in [0.25, 0.3) is 0 Å². The molecule has 0 fully saturated rings. The van der Waals surface area contributed by atoms with E-state index < -0.39 is 15.8 Å². The third-order valence-corrected chi connectivity index (χ3v) is 5.18. The third kappa shape index (κ3) is 5.05. The van der Waals surface area contributed by atoms with Crippen LogP contribution < -0.4 is 10.5 Å². The lowest BCUT2D eigenvalue weighted by Gasteiger charge is -2.16. The number of rotatable bonds is 9. The van der Waals surface area contributed by atoms with Gasteiger partial charge in [-0.15, -0.1) is 0 Å². The maximum absolute atomic E-state index is 13.6. The van der Waals surface area contributed by atoms with E-state index in [1.807, 2.05) is 6.92 Å². The van der Waals surface area contributed by atoms with Crippen LogP contribution in [0, 0.1) is 11.7 Å². The zero-order valence-electron chi connectivity index (χ0n) is 12.7. The van der Waals surface area contributed by atoms with Gasteiger partial charge in [-0.1, -0.05) is 39.2 Å². The number of hydrogen-bond donors (Lipinski definition) is 2. The molecule has 3 N–H and O–H groups in total. The van der Waals surface area contributed by atoms with Crippen molar-refractivity contribution in [2.24, 2.45) is 11.7 Å². The van der Waals surface area contributed by atoms with E-state index in [2.05, 4.69) is 11.6 Å². The molecular weight excluding hydrogens is 291 g/mol. The zero-order valence-corrected chi connectivity index (χ0v) is 13.5. The topological polar surface area (TPSA) is 72.2 Å². The maximum atomic E-state index is 13.6. The summed E-state index contributed by atoms with van der Waals surface area (Å²) in [5.41, 5.74) is 5.50. The molecule has 120 valence electrons. The number of nitrogens with one attached hydrogen (secondary N) is 1. The Kier molecular flexibility index (Phi) is 7.28. The van der Waals surface area contributed by atoms with E-state index >= 15 is 0 Å². The van der Waals surface area contributed by atoms with E-state index in [-0.39, 0.29) is 17.0 Å². The summed E-state index contributed by atoms with van der Waals surface area (Å²) in [4.78, 5) is -0.0599. The number of sulfonamides is 1. The first kappa shape index (κ1) is 18.1. The quantitative estimate of drug-likeness (QED) is 0.736. The van der Waals surface area contributed by atoms with Crippen LogP contribution in [0.5, 0.6) is 0 Å². The van der Waals surface area contributed by atoms with Crippen LogP contribution in [-0.4, -0.2) is 15.0 Å². The molecule has 1 unspecified atom stereocenters. The van der Waals surface area contributed by atoms with Crippen LogP contribution in [0.4, 0.5) is 4.39 Å². The first-order chi connectivity index (χ1) is 9.96. The molecule has 0 aliphatic carbocycles. The lowest BCUT2D eigenvalue weighted by Crippen LogP contribution is -2.30. The van der Waals surface area contributed by atoms with Crippen LogP contribution in [0.2, 0.25) is 0 Å². The largest absolute Gasteiger partial charge is 0.326 e. The van der Waals surface area contributed by atoms with Crippen molar-refractivity contribution in [3.8, 4) is 0 Å². The Morgan fingerprint density at radius 2 is 2.05 bits per heavy atom. The third-order valence-electron chi connectivity index (χ3n) is 3.67. The number of hydrogen-bond acceptors (Lipinski definition) is 3. The second kappa shape index (κ2) is 8.46. The molecule has 21 heavy (non-hydrogen) atoms. The first-order valence-electron chi connectivity index (χ1n) is 7.43. The fourth-order valence-corrected chi connectivity index (χ4v) is 3.61. The summed E-state index contributed by atoms with van der Waals surface area (Å²) in [5.74, 6) is -0.284. The van der Waals surface area contributed by atoms with Crippen molar-refractivity contribution in [2.45, 2.75) is 51.0 Å². The van der Waals surface area contributed by atoms with E-state index in [0.29, 0.717) is 12.5 Å². The molecule has 1 atom stereocenters. The predicted molar refractivity (Wildman–Crippen MR) is 82.8 cm³/mol. The minimum atomic E-state index is -3.73. The van der Waals surface area contributed by atoms with Gasteiger partial charge in [0.05, 0.1) is 4.90 Å². The van der Waals surface area contributed by atoms with Gasteiger partial charge in [0.15, 0.2) is 0 Å². The molecule has 1 aromatic carbocycles. The minimum Gasteiger partial charge on any atom is -0.326 e. The summed E-state index contributed by atoms with van der Waals surface area (Å²) in [6.45, 7) is 4.38. The van der Waals surface area contributed by atoms with E-state index in [9.17, 15) is 12.8 Å². The van der Waals surface area contributed by atoms with Crippen LogP contribution in [0.15, 0.2) is 23.1 Å². The Bertz CT molecular complexity index is 547. The molecule has 0 saturated carbocycles. The van der Waals surface area contributed by atoms with Crippen molar-refractivity contribution in [3.05, 3.63) is 29.6 Å². The molecule has 6 heteroatoms. The summed E-state index contributed by atoms with van der Waals surface area (Å²) in [7, 11) is -3.73. The Morgan fingerprint density at radius 1 is 1.33 bits per heavy atom. The van der Waals surface area contributed by atoms with Gasteiger partial charge in [0.2, 0.25) is 10.0 Å². The van der Waals surface area contributed by atoms with Crippen molar-refractivity contribution in [1.82, 2.24) is 4.72 Å². The molecule has 4 nitrogen and oxygen atoms in total. The Morgan fingerprint density at radius 3 is 2.62 bits per heavy atom. The normalized spacial score (nSPS) is 13.3. The van der Waals surface area contributed by atoms with Crippen LogP contribution >= 0.6 is 0 Å². The molecule has 1 aromatic rings. The Labute approximate surface area is 127 Å². The SMILES string of the molecule is CCCCC(CC)CNS(=O)(=O)c1cccc(F)c1CN. The van der Waals surface area contributed by atoms with Crippen LogP contribution in [-0.2, 0) is 16.6 Å². The van der Waals surface area contributed by atoms with Crippen molar-refractivity contribution < 1.29 is 12.8 Å². The number of unbranched alkanes of at least 4 members (excludes halogenated alkanes) is 1. The summed E-state index contributed by atoms with van der Waals surface area (Å²) in [5, 5.41) is 0. The van der Waals surface area contributed by atoms with Gasteiger partial charge in [-0.25, -0.2) is 17.5 Å². The average molecular weight is 316 g/mol. The molecule has 0 spiro atoms. The summed E-state index contributed by atoms with van der Waals surface area (Å²) < 4.78 is 40.9. The van der Waals surface area contributed by atoms with Crippen LogP contribution in [0.1, 0.15) is 45.1 Å². The second-order valence-electron chi connectivity index (χ2n) is 5.19. The smallest absolute Gasteiger partial charge is 0.241 e. The fourth-order valence-electron chi connectivity index (χ4n) is 2.24. The summed E-state index contributed by atoms with van der Waals surface area (Å²) >= 11 is 0. The van der Waals surface area contributed by atoms with Gasteiger partial charge in [-0.3, -0.25) is 0 Å². The minimum absolute atomic E-state index is 0.0339. The molecule has 0 aromatic heterocycles. The number of nitrogens with two attached hydrogens (primary N) is 1. The average Bonchev–Trinajstić information content (AvgIpc) is 2.47. The Hall–Kier alpha value is -0.980. The molecule has 0 amide bonds. The summed E-state index contributed by atoms with van der Waals surface area (Å²) in [6.07, 6.45) is 4.07. The van der Waals surface area contributed by atoms with E-state index in [0.717, 1.165) is 25.7 Å². The van der Waals surface area contributed by atoms with Gasteiger partial charge < -0.3 is 5.73 Å². The lowest BCUT2D eigenvalue weighted by atomic mass is 10.00. The van der Waals surface area contributed by atoms with Crippen molar-refractivity contribution >= 4 is 10.0 Å². The molecule has 0 saturated heterocycles. The van der Waals surface area contributed by atoms with Gasteiger partial charge in [-0.05, 0) is 24.5 Å². The number of benzene rings is 1. The Balaban J connectivity index is 2.85. The molecule has 0 bridgehead atoms. The molecule has 0 aliphatic heterocycles. The summed E-state index contributed by atoms with van der Waals surface area (Å²) in [6, 6.07) is 4.00. The monoisotopic (exact) mass is 316 g/mol. The molecular formula is C15H25FN2O2S. The van der Waals surface area contributed by atoms with Crippen LogP contribution in [0.25, 0.3) is 0 Å². The van der Waals surface area contributed by atoms with E-state index in [1.54, 1.807) is 0 Å². The highest BCUT2D eigenvalue weighted by molar-refractivity contribution is 7.89. The highest BCUT2D eigenvalue weighted by Gasteiger charge is 2.21. The van der Waals surface area contributed by atoms with Gasteiger partial charge >= 0.3 is 0 Å². The molecule has 0 heterocycles. The highest BCUT2D eigenvalue weighted by atomic mass is 32.2.